The summed E-state index contributed by atoms with van der Waals surface area (Å²) in [7, 11) is 0. The molecule has 28 heavy (non-hydrogen) atoms. The van der Waals surface area contributed by atoms with E-state index in [2.05, 4.69) is 4.58 Å². The predicted octanol–water partition coefficient (Wildman–Crippen LogP) is 5.88. The summed E-state index contributed by atoms with van der Waals surface area (Å²) < 4.78 is 23.7. The summed E-state index contributed by atoms with van der Waals surface area (Å²) in [5.41, 5.74) is 4.09. The summed E-state index contributed by atoms with van der Waals surface area (Å²) >= 11 is -1.67. The first-order valence-corrected chi connectivity index (χ1v) is 11.0. The second kappa shape index (κ2) is 7.66. The minimum Gasteiger partial charge on any atom is -0.489 e. The van der Waals surface area contributed by atoms with E-state index < -0.39 is 22.0 Å². The van der Waals surface area contributed by atoms with Gasteiger partial charge in [-0.05, 0) is 108 Å². The fourth-order valence-electron chi connectivity index (χ4n) is 3.37. The SMILES string of the molecule is Cc1ccc(OCc2cc(F)c(C(=O)[SH](N=O)C3CC3)cc2C2CC2)cc1C. The molecule has 0 radical (unpaired) electrons. The highest BCUT2D eigenvalue weighted by Crippen LogP contribution is 2.50. The number of rotatable bonds is 7. The van der Waals surface area contributed by atoms with Crippen LogP contribution in [0.4, 0.5) is 4.39 Å². The highest BCUT2D eigenvalue weighted by atomic mass is 32.2. The van der Waals surface area contributed by atoms with Gasteiger partial charge in [-0.15, -0.1) is 4.91 Å². The quantitative estimate of drug-likeness (QED) is 0.465. The van der Waals surface area contributed by atoms with Crippen molar-refractivity contribution >= 4 is 16.2 Å². The van der Waals surface area contributed by atoms with Gasteiger partial charge in [0.15, 0.2) is 0 Å². The minimum absolute atomic E-state index is 0.0226. The molecule has 1 unspecified atom stereocenters. The Morgan fingerprint density at radius 2 is 1.89 bits per heavy atom. The summed E-state index contributed by atoms with van der Waals surface area (Å²) in [6, 6.07) is 8.94. The number of nitroso groups, excluding NO2 is 1. The van der Waals surface area contributed by atoms with Crippen LogP contribution >= 0.6 is 11.1 Å². The third kappa shape index (κ3) is 3.97. The normalized spacial score (nSPS) is 17.9. The van der Waals surface area contributed by atoms with Gasteiger partial charge in [0.05, 0.1) is 5.56 Å². The lowest BCUT2D eigenvalue weighted by Gasteiger charge is -2.16. The fraction of sp³-hybridized carbons (Fsp3) is 0.409. The molecule has 0 aliphatic heterocycles. The van der Waals surface area contributed by atoms with Crippen LogP contribution in [0.15, 0.2) is 34.9 Å². The maximum absolute atomic E-state index is 14.8. The summed E-state index contributed by atoms with van der Waals surface area (Å²) in [5.74, 6) is 0.500. The zero-order valence-electron chi connectivity index (χ0n) is 16.1. The largest absolute Gasteiger partial charge is 0.489 e. The average Bonchev–Trinajstić information content (AvgIpc) is 3.56. The van der Waals surface area contributed by atoms with Crippen LogP contribution in [0.25, 0.3) is 0 Å². The molecule has 2 aromatic carbocycles. The Hall–Kier alpha value is -2.21. The first kappa shape index (κ1) is 19.1. The van der Waals surface area contributed by atoms with Crippen molar-refractivity contribution in [3.63, 3.8) is 0 Å². The molecule has 0 spiro atoms. The third-order valence-electron chi connectivity index (χ3n) is 5.54. The lowest BCUT2D eigenvalue weighted by atomic mass is 10.0. The molecule has 2 aliphatic rings. The Labute approximate surface area is 166 Å². The van der Waals surface area contributed by atoms with Crippen molar-refractivity contribution in [3.05, 3.63) is 68.9 Å². The molecule has 148 valence electrons. The van der Waals surface area contributed by atoms with Crippen LogP contribution in [0.1, 0.15) is 64.2 Å². The number of halogens is 1. The van der Waals surface area contributed by atoms with E-state index in [0.29, 0.717) is 5.92 Å². The Bertz CT molecular complexity index is 938. The van der Waals surface area contributed by atoms with E-state index in [-0.39, 0.29) is 17.4 Å². The zero-order valence-corrected chi connectivity index (χ0v) is 17.0. The van der Waals surface area contributed by atoms with E-state index in [1.165, 1.54) is 11.6 Å². The van der Waals surface area contributed by atoms with Crippen LogP contribution in [0.3, 0.4) is 0 Å². The number of hydrogen-bond acceptors (Lipinski definition) is 4. The number of carbonyl (C=O) groups is 1. The third-order valence-corrected chi connectivity index (χ3v) is 7.58. The highest BCUT2D eigenvalue weighted by molar-refractivity contribution is 8.29. The molecule has 4 nitrogen and oxygen atoms in total. The van der Waals surface area contributed by atoms with Gasteiger partial charge in [-0.1, -0.05) is 6.07 Å². The number of ether oxygens (including phenoxy) is 1. The van der Waals surface area contributed by atoms with Crippen LogP contribution < -0.4 is 4.74 Å². The molecule has 0 heterocycles. The Morgan fingerprint density at radius 1 is 1.14 bits per heavy atom. The van der Waals surface area contributed by atoms with Crippen molar-refractivity contribution in [2.45, 2.75) is 57.3 Å². The molecule has 2 saturated carbocycles. The fourth-order valence-corrected chi connectivity index (χ4v) is 4.97. The molecule has 0 amide bonds. The Kier molecular flexibility index (Phi) is 5.23. The molecule has 0 N–H and O–H groups in total. The van der Waals surface area contributed by atoms with Crippen LogP contribution in [-0.4, -0.2) is 10.4 Å². The van der Waals surface area contributed by atoms with Gasteiger partial charge in [0.25, 0.3) is 0 Å². The van der Waals surface area contributed by atoms with Crippen molar-refractivity contribution in [2.24, 2.45) is 4.58 Å². The van der Waals surface area contributed by atoms with Gasteiger partial charge in [-0.3, -0.25) is 4.79 Å². The van der Waals surface area contributed by atoms with E-state index in [1.54, 1.807) is 6.07 Å². The highest BCUT2D eigenvalue weighted by Gasteiger charge is 2.37. The smallest absolute Gasteiger partial charge is 0.224 e. The van der Waals surface area contributed by atoms with Crippen LogP contribution in [0.5, 0.6) is 5.75 Å². The zero-order chi connectivity index (χ0) is 19.8. The van der Waals surface area contributed by atoms with E-state index >= 15 is 0 Å². The van der Waals surface area contributed by atoms with Crippen molar-refractivity contribution in [3.8, 4) is 5.75 Å². The Balaban J connectivity index is 1.59. The molecule has 0 aromatic heterocycles. The molecule has 2 fully saturated rings. The number of thiol groups is 1. The van der Waals surface area contributed by atoms with Crippen molar-refractivity contribution in [2.75, 3.05) is 0 Å². The van der Waals surface area contributed by atoms with E-state index in [4.69, 9.17) is 4.74 Å². The standard InChI is InChI=1S/C22H24FNO3S/c1-13-3-6-17(9-14(13)2)27-12-16-10-21(23)20(11-19(16)15-4-5-15)22(25)28(24-26)18-7-8-18/h3,6,9-11,15,18,28H,4-5,7-8,12H2,1-2H3. The Morgan fingerprint density at radius 3 is 2.50 bits per heavy atom. The molecule has 4 rings (SSSR count). The van der Waals surface area contributed by atoms with E-state index in [9.17, 15) is 14.1 Å². The maximum atomic E-state index is 14.8. The van der Waals surface area contributed by atoms with Gasteiger partial charge in [0.1, 0.15) is 18.2 Å². The van der Waals surface area contributed by atoms with Gasteiger partial charge in [-0.2, -0.15) is 0 Å². The summed E-state index contributed by atoms with van der Waals surface area (Å²) in [4.78, 5) is 23.8. The predicted molar refractivity (Wildman–Crippen MR) is 111 cm³/mol. The molecule has 6 heteroatoms. The number of nitrogens with zero attached hydrogens (tertiary/aromatic N) is 1. The number of aryl methyl sites for hydroxylation is 2. The van der Waals surface area contributed by atoms with Crippen molar-refractivity contribution < 1.29 is 13.9 Å². The molecule has 1 atom stereocenters. The lowest BCUT2D eigenvalue weighted by molar-refractivity contribution is 0.108. The monoisotopic (exact) mass is 401 g/mol. The molecular formula is C22H24FNO3S. The molecule has 2 aliphatic carbocycles. The maximum Gasteiger partial charge on any atom is 0.224 e. The first-order chi connectivity index (χ1) is 13.5. The number of hydrogen-bond donors (Lipinski definition) is 1. The van der Waals surface area contributed by atoms with Gasteiger partial charge in [0, 0.05) is 5.25 Å². The van der Waals surface area contributed by atoms with Crippen LogP contribution in [0.2, 0.25) is 0 Å². The second-order valence-corrected chi connectivity index (χ2v) is 9.79. The van der Waals surface area contributed by atoms with Crippen LogP contribution in [0, 0.1) is 24.6 Å². The topological polar surface area (TPSA) is 55.7 Å². The molecule has 0 bridgehead atoms. The summed E-state index contributed by atoms with van der Waals surface area (Å²) in [6.45, 7) is 4.32. The van der Waals surface area contributed by atoms with Gasteiger partial charge in [0.2, 0.25) is 5.12 Å². The molecule has 2 aromatic rings. The summed E-state index contributed by atoms with van der Waals surface area (Å²) in [5, 5.41) is -0.384. The number of benzene rings is 2. The molecular weight excluding hydrogens is 377 g/mol. The lowest BCUT2D eigenvalue weighted by Crippen LogP contribution is -2.09. The summed E-state index contributed by atoms with van der Waals surface area (Å²) in [6.07, 6.45) is 3.72. The van der Waals surface area contributed by atoms with E-state index in [1.807, 2.05) is 32.0 Å². The van der Waals surface area contributed by atoms with Gasteiger partial charge < -0.3 is 4.74 Å². The van der Waals surface area contributed by atoms with Crippen LogP contribution in [-0.2, 0) is 6.61 Å². The average molecular weight is 402 g/mol. The second-order valence-electron chi connectivity index (χ2n) is 7.80. The minimum atomic E-state index is -1.67. The molecule has 0 saturated heterocycles. The van der Waals surface area contributed by atoms with Gasteiger partial charge in [-0.25, -0.2) is 4.39 Å². The number of carbonyl (C=O) groups excluding carboxylic acids is 1. The first-order valence-electron chi connectivity index (χ1n) is 9.67. The van der Waals surface area contributed by atoms with E-state index in [0.717, 1.165) is 48.1 Å². The van der Waals surface area contributed by atoms with Gasteiger partial charge >= 0.3 is 0 Å². The van der Waals surface area contributed by atoms with Crippen molar-refractivity contribution in [1.29, 1.82) is 0 Å². The van der Waals surface area contributed by atoms with Crippen molar-refractivity contribution in [1.82, 2.24) is 0 Å².